The zero-order chi connectivity index (χ0) is 13.7. The van der Waals surface area contributed by atoms with Crippen molar-refractivity contribution in [2.75, 3.05) is 0 Å². The molecule has 0 bridgehead atoms. The molecule has 3 nitrogen and oxygen atoms in total. The van der Waals surface area contributed by atoms with Crippen molar-refractivity contribution < 1.29 is 10.3 Å². The zero-order valence-corrected chi connectivity index (χ0v) is 11.3. The van der Waals surface area contributed by atoms with E-state index in [1.54, 1.807) is 18.3 Å². The Labute approximate surface area is 114 Å². The number of unbranched alkanes of at least 4 members (excludes halogenated alkanes) is 1. The number of hydrogen-bond acceptors (Lipinski definition) is 3. The molecule has 1 atom stereocenters. The minimum absolute atomic E-state index is 0.165. The monoisotopic (exact) mass is 259 g/mol. The first kappa shape index (κ1) is 13.7. The lowest BCUT2D eigenvalue weighted by atomic mass is 9.93. The maximum absolute atomic E-state index is 9.65. The molecular formula is C16H21NO2. The Morgan fingerprint density at radius 3 is 2.95 bits per heavy atom. The minimum Gasteiger partial charge on any atom is -0.508 e. The predicted molar refractivity (Wildman–Crippen MR) is 77.6 cm³/mol. The summed E-state index contributed by atoms with van der Waals surface area (Å²) in [5.74, 6) is 0.449. The van der Waals surface area contributed by atoms with Gasteiger partial charge in [0.2, 0.25) is 0 Å². The van der Waals surface area contributed by atoms with Crippen LogP contribution >= 0.6 is 0 Å². The molecule has 0 radical (unpaired) electrons. The Hall–Kier alpha value is -1.77. The minimum atomic E-state index is 0.165. The second-order valence-corrected chi connectivity index (χ2v) is 5.08. The van der Waals surface area contributed by atoms with Crippen molar-refractivity contribution in [3.63, 3.8) is 0 Å². The second kappa shape index (κ2) is 6.41. The normalized spacial score (nSPS) is 19.5. The van der Waals surface area contributed by atoms with Crippen molar-refractivity contribution in [1.29, 1.82) is 0 Å². The molecule has 0 spiro atoms. The van der Waals surface area contributed by atoms with E-state index in [0.29, 0.717) is 0 Å². The maximum atomic E-state index is 9.65. The lowest BCUT2D eigenvalue weighted by Gasteiger charge is -2.12. The van der Waals surface area contributed by atoms with Gasteiger partial charge < -0.3 is 10.3 Å². The van der Waals surface area contributed by atoms with Gasteiger partial charge in [-0.25, -0.2) is 0 Å². The van der Waals surface area contributed by atoms with Crippen LogP contribution in [0.5, 0.6) is 5.75 Å². The Bertz CT molecular complexity index is 491. The number of oxime groups is 1. The quantitative estimate of drug-likeness (QED) is 0.473. The molecule has 1 unspecified atom stereocenters. The van der Waals surface area contributed by atoms with E-state index >= 15 is 0 Å². The van der Waals surface area contributed by atoms with Crippen molar-refractivity contribution in [2.45, 2.75) is 39.0 Å². The first-order valence-electron chi connectivity index (χ1n) is 6.95. The van der Waals surface area contributed by atoms with Gasteiger partial charge in [0.25, 0.3) is 0 Å². The number of phenolic OH excluding ortho intramolecular Hbond substituents is 1. The van der Waals surface area contributed by atoms with Crippen LogP contribution < -0.4 is 0 Å². The van der Waals surface area contributed by atoms with Crippen LogP contribution in [0.25, 0.3) is 5.57 Å². The first-order chi connectivity index (χ1) is 9.26. The number of aromatic hydroxyl groups is 1. The average molecular weight is 259 g/mol. The van der Waals surface area contributed by atoms with Crippen LogP contribution in [0, 0.1) is 5.92 Å². The number of allylic oxidation sites excluding steroid dienone is 2. The molecule has 0 saturated carbocycles. The number of hydrogen-bond donors (Lipinski definition) is 2. The summed E-state index contributed by atoms with van der Waals surface area (Å²) in [7, 11) is 0. The predicted octanol–water partition coefficient (Wildman–Crippen LogP) is 4.21. The van der Waals surface area contributed by atoms with Crippen molar-refractivity contribution in [1.82, 2.24) is 0 Å². The zero-order valence-electron chi connectivity index (χ0n) is 11.3. The molecule has 1 aliphatic rings. The van der Waals surface area contributed by atoms with E-state index in [-0.39, 0.29) is 11.7 Å². The summed E-state index contributed by atoms with van der Waals surface area (Å²) in [6.45, 7) is 2.19. The summed E-state index contributed by atoms with van der Waals surface area (Å²) in [5, 5.41) is 21.7. The second-order valence-electron chi connectivity index (χ2n) is 5.08. The van der Waals surface area contributed by atoms with Gasteiger partial charge in [-0.3, -0.25) is 0 Å². The molecule has 3 heteroatoms. The highest BCUT2D eigenvalue weighted by molar-refractivity contribution is 5.86. The van der Waals surface area contributed by atoms with E-state index in [2.05, 4.69) is 12.1 Å². The van der Waals surface area contributed by atoms with Gasteiger partial charge in [-0.05, 0) is 49.0 Å². The highest BCUT2D eigenvalue weighted by atomic mass is 16.4. The van der Waals surface area contributed by atoms with Gasteiger partial charge in [0.1, 0.15) is 5.75 Å². The summed E-state index contributed by atoms with van der Waals surface area (Å²) in [6, 6.07) is 7.36. The highest BCUT2D eigenvalue weighted by Gasteiger charge is 2.25. The Kier molecular flexibility index (Phi) is 4.61. The standard InChI is InChI=1S/C16H21NO2/c1-2-3-5-12-8-9-14(11-17-19)16(12)13-6-4-7-15(18)10-13/h4,6-7,10-11,14,18-19H,2-3,5,8-9H2,1H3. The first-order valence-corrected chi connectivity index (χ1v) is 6.95. The van der Waals surface area contributed by atoms with E-state index in [0.717, 1.165) is 24.8 Å². The molecule has 2 N–H and O–H groups in total. The molecule has 19 heavy (non-hydrogen) atoms. The van der Waals surface area contributed by atoms with Gasteiger partial charge in [0, 0.05) is 5.92 Å². The van der Waals surface area contributed by atoms with E-state index in [1.807, 2.05) is 12.1 Å². The summed E-state index contributed by atoms with van der Waals surface area (Å²) in [6.07, 6.45) is 7.11. The van der Waals surface area contributed by atoms with Crippen LogP contribution in [-0.4, -0.2) is 16.5 Å². The van der Waals surface area contributed by atoms with E-state index in [9.17, 15) is 5.11 Å². The van der Waals surface area contributed by atoms with Crippen LogP contribution in [0.15, 0.2) is 35.0 Å². The van der Waals surface area contributed by atoms with E-state index < -0.39 is 0 Å². The summed E-state index contributed by atoms with van der Waals surface area (Å²) in [5.41, 5.74) is 3.73. The largest absolute Gasteiger partial charge is 0.508 e. The van der Waals surface area contributed by atoms with Gasteiger partial charge in [-0.2, -0.15) is 0 Å². The Balaban J connectivity index is 2.37. The van der Waals surface area contributed by atoms with Gasteiger partial charge in [0.15, 0.2) is 0 Å². The van der Waals surface area contributed by atoms with E-state index in [1.165, 1.54) is 24.0 Å². The van der Waals surface area contributed by atoms with Crippen molar-refractivity contribution in [2.24, 2.45) is 11.1 Å². The number of phenols is 1. The Morgan fingerprint density at radius 2 is 2.26 bits per heavy atom. The molecule has 1 aromatic carbocycles. The molecule has 0 heterocycles. The van der Waals surface area contributed by atoms with Crippen molar-refractivity contribution in [3.8, 4) is 5.75 Å². The van der Waals surface area contributed by atoms with Crippen molar-refractivity contribution in [3.05, 3.63) is 35.4 Å². The van der Waals surface area contributed by atoms with Crippen LogP contribution in [0.2, 0.25) is 0 Å². The molecule has 0 aliphatic heterocycles. The third-order valence-corrected chi connectivity index (χ3v) is 3.74. The molecule has 102 valence electrons. The molecule has 2 rings (SSSR count). The molecular weight excluding hydrogens is 238 g/mol. The van der Waals surface area contributed by atoms with Gasteiger partial charge >= 0.3 is 0 Å². The molecule has 1 aliphatic carbocycles. The average Bonchev–Trinajstić information content (AvgIpc) is 2.80. The lowest BCUT2D eigenvalue weighted by molar-refractivity contribution is 0.319. The van der Waals surface area contributed by atoms with E-state index in [4.69, 9.17) is 5.21 Å². The van der Waals surface area contributed by atoms with Crippen molar-refractivity contribution >= 4 is 11.8 Å². The number of nitrogens with zero attached hydrogens (tertiary/aromatic N) is 1. The van der Waals surface area contributed by atoms with Crippen LogP contribution in [-0.2, 0) is 0 Å². The molecule has 0 saturated heterocycles. The topological polar surface area (TPSA) is 52.8 Å². The smallest absolute Gasteiger partial charge is 0.116 e. The third kappa shape index (κ3) is 3.16. The number of rotatable bonds is 5. The van der Waals surface area contributed by atoms with Crippen LogP contribution in [0.1, 0.15) is 44.6 Å². The molecule has 0 aromatic heterocycles. The highest BCUT2D eigenvalue weighted by Crippen LogP contribution is 2.40. The summed E-state index contributed by atoms with van der Waals surface area (Å²) < 4.78 is 0. The fraction of sp³-hybridized carbons (Fsp3) is 0.438. The van der Waals surface area contributed by atoms with Crippen LogP contribution in [0.4, 0.5) is 0 Å². The lowest BCUT2D eigenvalue weighted by Crippen LogP contribution is -2.01. The number of benzene rings is 1. The fourth-order valence-corrected chi connectivity index (χ4v) is 2.84. The van der Waals surface area contributed by atoms with Gasteiger partial charge in [-0.15, -0.1) is 5.16 Å². The molecule has 1 aromatic rings. The Morgan fingerprint density at radius 1 is 1.42 bits per heavy atom. The summed E-state index contributed by atoms with van der Waals surface area (Å²) in [4.78, 5) is 0. The molecule has 0 fully saturated rings. The maximum Gasteiger partial charge on any atom is 0.116 e. The SMILES string of the molecule is CCCCC1=C(c2cccc(O)c2)C(C=NO)CC1. The fourth-order valence-electron chi connectivity index (χ4n) is 2.84. The van der Waals surface area contributed by atoms with Crippen LogP contribution in [0.3, 0.4) is 0 Å². The summed E-state index contributed by atoms with van der Waals surface area (Å²) >= 11 is 0. The molecule has 0 amide bonds. The third-order valence-electron chi connectivity index (χ3n) is 3.74. The van der Waals surface area contributed by atoms with Gasteiger partial charge in [0.05, 0.1) is 6.21 Å². The van der Waals surface area contributed by atoms with Gasteiger partial charge in [-0.1, -0.05) is 31.1 Å².